The van der Waals surface area contributed by atoms with E-state index in [0.29, 0.717) is 0 Å². The molecule has 1 atom stereocenters. The smallest absolute Gasteiger partial charge is 0.169 e. The maximum absolute atomic E-state index is 14.3. The van der Waals surface area contributed by atoms with Crippen LogP contribution in [-0.4, -0.2) is 11.7 Å². The first-order chi connectivity index (χ1) is 9.89. The largest absolute Gasteiger partial charge is 0.397 e. The van der Waals surface area contributed by atoms with E-state index in [2.05, 4.69) is 5.32 Å². The van der Waals surface area contributed by atoms with E-state index in [9.17, 15) is 9.50 Å². The summed E-state index contributed by atoms with van der Waals surface area (Å²) >= 11 is 5.81. The second kappa shape index (κ2) is 5.79. The first kappa shape index (κ1) is 15.4. The van der Waals surface area contributed by atoms with Crippen molar-refractivity contribution >= 4 is 28.7 Å². The van der Waals surface area contributed by atoms with Gasteiger partial charge in [-0.05, 0) is 18.6 Å². The Labute approximate surface area is 127 Å². The van der Waals surface area contributed by atoms with E-state index in [0.717, 1.165) is 5.56 Å². The standard InChI is InChI=1S/C15H17ClFN3O/c1-15(8-21,9-5-3-2-4-6-9)20-14-11(19)7-10(18)12(16)13(14)17/h2-7,20-21H,8,18-19H2,1H3. The molecule has 0 bridgehead atoms. The van der Waals surface area contributed by atoms with Gasteiger partial charge in [0.25, 0.3) is 0 Å². The number of aliphatic hydroxyl groups is 1. The van der Waals surface area contributed by atoms with Crippen LogP contribution in [0.25, 0.3) is 0 Å². The molecule has 0 aliphatic rings. The van der Waals surface area contributed by atoms with E-state index in [1.165, 1.54) is 6.07 Å². The summed E-state index contributed by atoms with van der Waals surface area (Å²) in [6.07, 6.45) is 0. The van der Waals surface area contributed by atoms with Crippen LogP contribution in [0.2, 0.25) is 5.02 Å². The van der Waals surface area contributed by atoms with Crippen molar-refractivity contribution in [1.29, 1.82) is 0 Å². The van der Waals surface area contributed by atoms with Crippen molar-refractivity contribution in [2.24, 2.45) is 0 Å². The fraction of sp³-hybridized carbons (Fsp3) is 0.200. The molecule has 0 amide bonds. The van der Waals surface area contributed by atoms with Crippen LogP contribution in [-0.2, 0) is 5.54 Å². The van der Waals surface area contributed by atoms with Crippen molar-refractivity contribution in [3.8, 4) is 0 Å². The van der Waals surface area contributed by atoms with Crippen LogP contribution in [0.1, 0.15) is 12.5 Å². The number of hydrogen-bond acceptors (Lipinski definition) is 4. The molecule has 0 aliphatic carbocycles. The molecular formula is C15H17ClFN3O. The average Bonchev–Trinajstić information content (AvgIpc) is 2.50. The summed E-state index contributed by atoms with van der Waals surface area (Å²) in [7, 11) is 0. The van der Waals surface area contributed by atoms with Gasteiger partial charge >= 0.3 is 0 Å². The van der Waals surface area contributed by atoms with E-state index >= 15 is 0 Å². The summed E-state index contributed by atoms with van der Waals surface area (Å²) in [4.78, 5) is 0. The molecule has 0 spiro atoms. The van der Waals surface area contributed by atoms with E-state index in [1.807, 2.05) is 30.3 Å². The zero-order valence-electron chi connectivity index (χ0n) is 11.5. The van der Waals surface area contributed by atoms with Crippen molar-refractivity contribution in [3.63, 3.8) is 0 Å². The molecule has 4 nitrogen and oxygen atoms in total. The van der Waals surface area contributed by atoms with Crippen LogP contribution >= 0.6 is 11.6 Å². The second-order valence-electron chi connectivity index (χ2n) is 5.04. The highest BCUT2D eigenvalue weighted by atomic mass is 35.5. The summed E-state index contributed by atoms with van der Waals surface area (Å²) in [5, 5.41) is 12.5. The van der Waals surface area contributed by atoms with Gasteiger partial charge in [-0.15, -0.1) is 0 Å². The zero-order chi connectivity index (χ0) is 15.6. The quantitative estimate of drug-likeness (QED) is 0.654. The number of nitrogens with one attached hydrogen (secondary N) is 1. The Morgan fingerprint density at radius 1 is 1.24 bits per heavy atom. The lowest BCUT2D eigenvalue weighted by atomic mass is 9.92. The van der Waals surface area contributed by atoms with Gasteiger partial charge < -0.3 is 21.9 Å². The molecule has 6 N–H and O–H groups in total. The van der Waals surface area contributed by atoms with Crippen molar-refractivity contribution in [2.45, 2.75) is 12.5 Å². The molecule has 0 aromatic heterocycles. The predicted octanol–water partition coefficient (Wildman–Crippen LogP) is 2.96. The van der Waals surface area contributed by atoms with Gasteiger partial charge in [0.2, 0.25) is 0 Å². The highest BCUT2D eigenvalue weighted by Gasteiger charge is 2.28. The van der Waals surface area contributed by atoms with Gasteiger partial charge in [-0.2, -0.15) is 0 Å². The Kier molecular flexibility index (Phi) is 4.25. The molecule has 112 valence electrons. The van der Waals surface area contributed by atoms with Gasteiger partial charge in [-0.25, -0.2) is 4.39 Å². The highest BCUT2D eigenvalue weighted by Crippen LogP contribution is 2.37. The number of halogens is 2. The van der Waals surface area contributed by atoms with Crippen LogP contribution in [0.3, 0.4) is 0 Å². The fourth-order valence-electron chi connectivity index (χ4n) is 2.08. The van der Waals surface area contributed by atoms with Gasteiger partial charge in [-0.1, -0.05) is 41.9 Å². The molecular weight excluding hydrogens is 293 g/mol. The number of hydrogen-bond donors (Lipinski definition) is 4. The van der Waals surface area contributed by atoms with Crippen LogP contribution < -0.4 is 16.8 Å². The van der Waals surface area contributed by atoms with Crippen LogP contribution in [0, 0.1) is 5.82 Å². The number of rotatable bonds is 4. The summed E-state index contributed by atoms with van der Waals surface area (Å²) in [5.74, 6) is -0.732. The predicted molar refractivity (Wildman–Crippen MR) is 84.7 cm³/mol. The molecule has 1 unspecified atom stereocenters. The Morgan fingerprint density at radius 3 is 2.43 bits per heavy atom. The molecule has 0 aliphatic heterocycles. The SMILES string of the molecule is CC(CO)(Nc1c(N)cc(N)c(Cl)c1F)c1ccccc1. The molecule has 2 aromatic rings. The van der Waals surface area contributed by atoms with Gasteiger partial charge in [0.15, 0.2) is 5.82 Å². The Morgan fingerprint density at radius 2 is 1.86 bits per heavy atom. The number of nitrogens with two attached hydrogens (primary N) is 2. The van der Waals surface area contributed by atoms with E-state index in [-0.39, 0.29) is 28.7 Å². The molecule has 6 heteroatoms. The lowest BCUT2D eigenvalue weighted by Crippen LogP contribution is -2.36. The maximum atomic E-state index is 14.3. The average molecular weight is 310 g/mol. The van der Waals surface area contributed by atoms with Crippen LogP contribution in [0.15, 0.2) is 36.4 Å². The summed E-state index contributed by atoms with van der Waals surface area (Å²) in [6, 6.07) is 10.6. The Balaban J connectivity index is 2.47. The first-order valence-electron chi connectivity index (χ1n) is 6.36. The lowest BCUT2D eigenvalue weighted by Gasteiger charge is -2.31. The third kappa shape index (κ3) is 2.89. The third-order valence-corrected chi connectivity index (χ3v) is 3.78. The van der Waals surface area contributed by atoms with Crippen LogP contribution in [0.4, 0.5) is 21.5 Å². The molecule has 0 radical (unpaired) electrons. The van der Waals surface area contributed by atoms with E-state index in [4.69, 9.17) is 23.1 Å². The maximum Gasteiger partial charge on any atom is 0.169 e. The molecule has 2 rings (SSSR count). The minimum Gasteiger partial charge on any atom is -0.397 e. The van der Waals surface area contributed by atoms with Gasteiger partial charge in [0.1, 0.15) is 5.02 Å². The van der Waals surface area contributed by atoms with Crippen LogP contribution in [0.5, 0.6) is 0 Å². The monoisotopic (exact) mass is 309 g/mol. The summed E-state index contributed by atoms with van der Waals surface area (Å²) < 4.78 is 14.3. The van der Waals surface area contributed by atoms with Gasteiger partial charge in [-0.3, -0.25) is 0 Å². The molecule has 0 saturated carbocycles. The van der Waals surface area contributed by atoms with Gasteiger partial charge in [0, 0.05) is 0 Å². The zero-order valence-corrected chi connectivity index (χ0v) is 12.3. The molecule has 0 saturated heterocycles. The minimum absolute atomic E-state index is 0.0228. The molecule has 2 aromatic carbocycles. The fourth-order valence-corrected chi connectivity index (χ4v) is 2.23. The van der Waals surface area contributed by atoms with E-state index in [1.54, 1.807) is 6.92 Å². The second-order valence-corrected chi connectivity index (χ2v) is 5.42. The van der Waals surface area contributed by atoms with Crippen molar-refractivity contribution < 1.29 is 9.50 Å². The lowest BCUT2D eigenvalue weighted by molar-refractivity contribution is 0.224. The first-order valence-corrected chi connectivity index (χ1v) is 6.74. The Hall–Kier alpha value is -1.98. The van der Waals surface area contributed by atoms with Gasteiger partial charge in [0.05, 0.1) is 29.2 Å². The van der Waals surface area contributed by atoms with E-state index < -0.39 is 11.4 Å². The normalized spacial score (nSPS) is 13.7. The molecule has 21 heavy (non-hydrogen) atoms. The summed E-state index contributed by atoms with van der Waals surface area (Å²) in [6.45, 7) is 1.49. The van der Waals surface area contributed by atoms with Crippen molar-refractivity contribution in [2.75, 3.05) is 23.4 Å². The topological polar surface area (TPSA) is 84.3 Å². The van der Waals surface area contributed by atoms with Crippen molar-refractivity contribution in [1.82, 2.24) is 0 Å². The molecule has 0 fully saturated rings. The third-order valence-electron chi connectivity index (χ3n) is 3.39. The summed E-state index contributed by atoms with van der Waals surface area (Å²) in [5.41, 5.74) is 11.5. The number of aliphatic hydroxyl groups excluding tert-OH is 1. The molecule has 0 heterocycles. The number of anilines is 3. The number of nitrogen functional groups attached to an aromatic ring is 2. The highest BCUT2D eigenvalue weighted by molar-refractivity contribution is 6.33. The minimum atomic E-state index is -0.907. The number of benzene rings is 2. The Bertz CT molecular complexity index is 651. The van der Waals surface area contributed by atoms with Crippen molar-refractivity contribution in [3.05, 3.63) is 52.8 Å².